The molecule has 0 N–H and O–H groups in total. The molecule has 0 aliphatic carbocycles. The average Bonchev–Trinajstić information content (AvgIpc) is 2.27. The van der Waals surface area contributed by atoms with Gasteiger partial charge in [0.1, 0.15) is 0 Å². The van der Waals surface area contributed by atoms with E-state index in [-0.39, 0.29) is 5.78 Å². The first-order chi connectivity index (χ1) is 7.47. The molecule has 0 saturated carbocycles. The maximum atomic E-state index is 12.1. The van der Waals surface area contributed by atoms with Gasteiger partial charge in [0.05, 0.1) is 0 Å². The number of Topliss-reactive ketones (excluding diaryl/α,β-unsaturated/α-hetero) is 1. The lowest BCUT2D eigenvalue weighted by molar-refractivity contribution is 0.103. The molecule has 0 fully saturated rings. The molecule has 86 valence electrons. The van der Waals surface area contributed by atoms with Gasteiger partial charge in [0.25, 0.3) is 0 Å². The molecule has 0 aliphatic heterocycles. The van der Waals surface area contributed by atoms with Crippen LogP contribution in [0.5, 0.6) is 0 Å². The minimum Gasteiger partial charge on any atom is -0.289 e. The van der Waals surface area contributed by atoms with Crippen molar-refractivity contribution in [3.8, 4) is 0 Å². The topological polar surface area (TPSA) is 17.1 Å². The summed E-state index contributed by atoms with van der Waals surface area (Å²) in [7, 11) is 0. The first-order valence-corrected chi connectivity index (χ1v) is 5.75. The van der Waals surface area contributed by atoms with Crippen LogP contribution in [-0.2, 0) is 6.42 Å². The van der Waals surface area contributed by atoms with E-state index in [0.717, 1.165) is 23.1 Å². The van der Waals surface area contributed by atoms with Crippen LogP contribution in [0.4, 0.5) is 0 Å². The zero-order chi connectivity index (χ0) is 12.3. The number of carbonyl (C=O) groups excluding carboxylic acids is 1. The van der Waals surface area contributed by atoms with Crippen LogP contribution >= 0.6 is 0 Å². The summed E-state index contributed by atoms with van der Waals surface area (Å²) in [6, 6.07) is 5.97. The van der Waals surface area contributed by atoms with Gasteiger partial charge in [-0.25, -0.2) is 0 Å². The molecule has 1 nitrogen and oxygen atoms in total. The van der Waals surface area contributed by atoms with Gasteiger partial charge in [-0.05, 0) is 56.9 Å². The highest BCUT2D eigenvalue weighted by Gasteiger charge is 2.10. The molecule has 0 aromatic heterocycles. The van der Waals surface area contributed by atoms with Crippen LogP contribution in [0.1, 0.15) is 49.2 Å². The third-order valence-corrected chi connectivity index (χ3v) is 3.08. The number of ketones is 1. The summed E-state index contributed by atoms with van der Waals surface area (Å²) in [6.07, 6.45) is 0.973. The van der Waals surface area contributed by atoms with Crippen molar-refractivity contribution in [1.29, 1.82) is 0 Å². The molecule has 16 heavy (non-hydrogen) atoms. The number of hydrogen-bond acceptors (Lipinski definition) is 1. The van der Waals surface area contributed by atoms with E-state index in [9.17, 15) is 4.79 Å². The van der Waals surface area contributed by atoms with E-state index in [1.807, 2.05) is 39.0 Å². The maximum absolute atomic E-state index is 12.1. The molecule has 0 atom stereocenters. The van der Waals surface area contributed by atoms with Gasteiger partial charge in [-0.3, -0.25) is 4.79 Å². The predicted molar refractivity (Wildman–Crippen MR) is 68.9 cm³/mol. The van der Waals surface area contributed by atoms with Gasteiger partial charge in [-0.2, -0.15) is 0 Å². The fourth-order valence-corrected chi connectivity index (χ4v) is 1.64. The Morgan fingerprint density at radius 3 is 2.31 bits per heavy atom. The monoisotopic (exact) mass is 216 g/mol. The fraction of sp³-hybridized carbons (Fsp3) is 0.400. The van der Waals surface area contributed by atoms with Crippen molar-refractivity contribution < 1.29 is 4.79 Å². The second kappa shape index (κ2) is 5.11. The van der Waals surface area contributed by atoms with Crippen LogP contribution in [0.2, 0.25) is 0 Å². The molecule has 0 spiro atoms. The Kier molecular flexibility index (Phi) is 4.05. The van der Waals surface area contributed by atoms with Crippen molar-refractivity contribution in [2.24, 2.45) is 0 Å². The number of rotatable bonds is 3. The molecule has 0 unspecified atom stereocenters. The fourth-order valence-electron chi connectivity index (χ4n) is 1.64. The van der Waals surface area contributed by atoms with Crippen molar-refractivity contribution in [1.82, 2.24) is 0 Å². The van der Waals surface area contributed by atoms with Crippen molar-refractivity contribution >= 4 is 5.78 Å². The van der Waals surface area contributed by atoms with E-state index in [1.54, 1.807) is 0 Å². The van der Waals surface area contributed by atoms with Gasteiger partial charge < -0.3 is 0 Å². The number of allylic oxidation sites excluding steroid dienone is 2. The van der Waals surface area contributed by atoms with Crippen LogP contribution in [0.25, 0.3) is 0 Å². The van der Waals surface area contributed by atoms with E-state index in [4.69, 9.17) is 0 Å². The Bertz CT molecular complexity index is 435. The standard InChI is InChI=1S/C15H20O/c1-6-13-9-14(8-7-11(13)4)15(16)12(5)10(2)3/h7-9H,6H2,1-5H3. The Labute approximate surface area is 98.2 Å². The van der Waals surface area contributed by atoms with Crippen LogP contribution in [0.3, 0.4) is 0 Å². The Morgan fingerprint density at radius 2 is 1.81 bits per heavy atom. The quantitative estimate of drug-likeness (QED) is 0.549. The summed E-state index contributed by atoms with van der Waals surface area (Å²) >= 11 is 0. The lowest BCUT2D eigenvalue weighted by atomic mass is 9.96. The van der Waals surface area contributed by atoms with E-state index in [1.165, 1.54) is 11.1 Å². The van der Waals surface area contributed by atoms with Gasteiger partial charge in [0.2, 0.25) is 0 Å². The second-order valence-electron chi connectivity index (χ2n) is 4.45. The van der Waals surface area contributed by atoms with Gasteiger partial charge in [-0.15, -0.1) is 0 Å². The third kappa shape index (κ3) is 2.60. The number of aryl methyl sites for hydroxylation is 2. The third-order valence-electron chi connectivity index (χ3n) is 3.08. The molecule has 0 radical (unpaired) electrons. The summed E-state index contributed by atoms with van der Waals surface area (Å²) in [5.74, 6) is 0.148. The lowest BCUT2D eigenvalue weighted by Gasteiger charge is -2.07. The lowest BCUT2D eigenvalue weighted by Crippen LogP contribution is -2.03. The minimum absolute atomic E-state index is 0.148. The molecular formula is C15H20O. The summed E-state index contributed by atoms with van der Waals surface area (Å²) in [5.41, 5.74) is 5.26. The largest absolute Gasteiger partial charge is 0.289 e. The molecule has 0 heterocycles. The van der Waals surface area contributed by atoms with Gasteiger partial charge >= 0.3 is 0 Å². The molecule has 0 saturated heterocycles. The van der Waals surface area contributed by atoms with E-state index >= 15 is 0 Å². The van der Waals surface area contributed by atoms with E-state index < -0.39 is 0 Å². The zero-order valence-corrected chi connectivity index (χ0v) is 10.8. The molecule has 1 rings (SSSR count). The highest BCUT2D eigenvalue weighted by molar-refractivity contribution is 6.08. The number of carbonyl (C=O) groups is 1. The smallest absolute Gasteiger partial charge is 0.188 e. The van der Waals surface area contributed by atoms with Crippen molar-refractivity contribution in [2.45, 2.75) is 41.0 Å². The van der Waals surface area contributed by atoms with Gasteiger partial charge in [0.15, 0.2) is 5.78 Å². The van der Waals surface area contributed by atoms with Gasteiger partial charge in [-0.1, -0.05) is 24.6 Å². The summed E-state index contributed by atoms with van der Waals surface area (Å²) in [6.45, 7) is 10.0. The number of benzene rings is 1. The molecular weight excluding hydrogens is 196 g/mol. The van der Waals surface area contributed by atoms with Crippen LogP contribution < -0.4 is 0 Å². The first-order valence-electron chi connectivity index (χ1n) is 5.75. The number of hydrogen-bond donors (Lipinski definition) is 0. The maximum Gasteiger partial charge on any atom is 0.188 e. The average molecular weight is 216 g/mol. The molecule has 1 aromatic carbocycles. The highest BCUT2D eigenvalue weighted by atomic mass is 16.1. The Morgan fingerprint density at radius 1 is 1.19 bits per heavy atom. The molecule has 0 bridgehead atoms. The molecule has 1 aromatic rings. The second-order valence-corrected chi connectivity index (χ2v) is 4.45. The van der Waals surface area contributed by atoms with Crippen LogP contribution in [-0.4, -0.2) is 5.78 Å². The van der Waals surface area contributed by atoms with Crippen molar-refractivity contribution in [2.75, 3.05) is 0 Å². The summed E-state index contributed by atoms with van der Waals surface area (Å²) in [4.78, 5) is 12.1. The van der Waals surface area contributed by atoms with Crippen LogP contribution in [0.15, 0.2) is 29.3 Å². The molecule has 1 heteroatoms. The first kappa shape index (κ1) is 12.7. The Balaban J connectivity index is 3.16. The summed E-state index contributed by atoms with van der Waals surface area (Å²) < 4.78 is 0. The summed E-state index contributed by atoms with van der Waals surface area (Å²) in [5, 5.41) is 0. The van der Waals surface area contributed by atoms with Gasteiger partial charge in [0, 0.05) is 5.56 Å². The predicted octanol–water partition coefficient (Wildman–Crippen LogP) is 4.10. The van der Waals surface area contributed by atoms with Crippen LogP contribution in [0, 0.1) is 6.92 Å². The van der Waals surface area contributed by atoms with Crippen molar-refractivity contribution in [3.63, 3.8) is 0 Å². The normalized spacial score (nSPS) is 10.1. The SMILES string of the molecule is CCc1cc(C(=O)C(C)=C(C)C)ccc1C. The van der Waals surface area contributed by atoms with Crippen molar-refractivity contribution in [3.05, 3.63) is 46.0 Å². The van der Waals surface area contributed by atoms with E-state index in [0.29, 0.717) is 0 Å². The zero-order valence-electron chi connectivity index (χ0n) is 10.8. The Hall–Kier alpha value is -1.37. The van der Waals surface area contributed by atoms with E-state index in [2.05, 4.69) is 13.8 Å². The minimum atomic E-state index is 0.148. The molecule has 0 amide bonds. The molecule has 0 aliphatic rings. The highest BCUT2D eigenvalue weighted by Crippen LogP contribution is 2.16.